The van der Waals surface area contributed by atoms with E-state index in [9.17, 15) is 4.79 Å². The first-order valence-corrected chi connectivity index (χ1v) is 6.39. The van der Waals surface area contributed by atoms with Crippen LogP contribution in [-0.4, -0.2) is 30.0 Å². The molecule has 0 radical (unpaired) electrons. The number of benzene rings is 1. The number of nitrogens with zero attached hydrogens (tertiary/aromatic N) is 1. The van der Waals surface area contributed by atoms with E-state index >= 15 is 0 Å². The summed E-state index contributed by atoms with van der Waals surface area (Å²) in [7, 11) is 0. The van der Waals surface area contributed by atoms with Gasteiger partial charge in [-0.2, -0.15) is 0 Å². The highest BCUT2D eigenvalue weighted by Crippen LogP contribution is 2.16. The van der Waals surface area contributed by atoms with Crippen molar-refractivity contribution in [2.24, 2.45) is 5.73 Å². The number of rotatable bonds is 3. The number of nitrogens with two attached hydrogens (primary N) is 1. The summed E-state index contributed by atoms with van der Waals surface area (Å²) in [5.41, 5.74) is 7.12. The Morgan fingerprint density at radius 2 is 1.94 bits per heavy atom. The SMILES string of the molecule is CC(=O)Oc1ccc(CN2CCC(N)CC2)cc1. The van der Waals surface area contributed by atoms with Crippen molar-refractivity contribution in [3.8, 4) is 5.75 Å². The first kappa shape index (κ1) is 13.1. The van der Waals surface area contributed by atoms with Crippen molar-refractivity contribution < 1.29 is 9.53 Å². The molecule has 1 aromatic carbocycles. The first-order valence-electron chi connectivity index (χ1n) is 6.39. The third-order valence-corrected chi connectivity index (χ3v) is 3.22. The predicted octanol–water partition coefficient (Wildman–Crippen LogP) is 1.53. The van der Waals surface area contributed by atoms with Crippen LogP contribution in [0.5, 0.6) is 5.75 Å². The van der Waals surface area contributed by atoms with Crippen LogP contribution < -0.4 is 10.5 Å². The number of esters is 1. The van der Waals surface area contributed by atoms with Crippen molar-refractivity contribution in [3.05, 3.63) is 29.8 Å². The number of piperidine rings is 1. The highest BCUT2D eigenvalue weighted by molar-refractivity contribution is 5.69. The molecule has 0 aliphatic carbocycles. The Labute approximate surface area is 108 Å². The third kappa shape index (κ3) is 3.82. The van der Waals surface area contributed by atoms with E-state index in [4.69, 9.17) is 10.5 Å². The van der Waals surface area contributed by atoms with Gasteiger partial charge in [-0.1, -0.05) is 12.1 Å². The molecular weight excluding hydrogens is 228 g/mol. The molecule has 0 amide bonds. The van der Waals surface area contributed by atoms with Gasteiger partial charge < -0.3 is 10.5 Å². The van der Waals surface area contributed by atoms with Crippen LogP contribution in [0.15, 0.2) is 24.3 Å². The molecule has 2 N–H and O–H groups in total. The van der Waals surface area contributed by atoms with Crippen molar-refractivity contribution in [1.29, 1.82) is 0 Å². The van der Waals surface area contributed by atoms with E-state index in [1.165, 1.54) is 12.5 Å². The summed E-state index contributed by atoms with van der Waals surface area (Å²) in [6, 6.07) is 8.06. The van der Waals surface area contributed by atoms with Crippen molar-refractivity contribution in [3.63, 3.8) is 0 Å². The molecule has 0 spiro atoms. The highest BCUT2D eigenvalue weighted by Gasteiger charge is 2.15. The molecule has 98 valence electrons. The number of carbonyl (C=O) groups is 1. The van der Waals surface area contributed by atoms with Gasteiger partial charge in [-0.15, -0.1) is 0 Å². The Kier molecular flexibility index (Phi) is 4.33. The van der Waals surface area contributed by atoms with Crippen LogP contribution in [0, 0.1) is 0 Å². The molecule has 1 aliphatic heterocycles. The largest absolute Gasteiger partial charge is 0.427 e. The smallest absolute Gasteiger partial charge is 0.308 e. The van der Waals surface area contributed by atoms with Gasteiger partial charge in [0.25, 0.3) is 0 Å². The van der Waals surface area contributed by atoms with E-state index in [-0.39, 0.29) is 5.97 Å². The molecule has 2 rings (SSSR count). The average molecular weight is 248 g/mol. The Morgan fingerprint density at radius 1 is 1.33 bits per heavy atom. The van der Waals surface area contributed by atoms with E-state index in [1.807, 2.05) is 24.3 Å². The molecule has 18 heavy (non-hydrogen) atoms. The number of carbonyl (C=O) groups excluding carboxylic acids is 1. The van der Waals surface area contributed by atoms with Gasteiger partial charge in [-0.3, -0.25) is 9.69 Å². The van der Waals surface area contributed by atoms with Crippen LogP contribution in [0.25, 0.3) is 0 Å². The van der Waals surface area contributed by atoms with Crippen molar-refractivity contribution in [2.45, 2.75) is 32.4 Å². The minimum Gasteiger partial charge on any atom is -0.427 e. The Bertz CT molecular complexity index is 395. The standard InChI is InChI=1S/C14H20N2O2/c1-11(17)18-14-4-2-12(3-5-14)10-16-8-6-13(15)7-9-16/h2-5,13H,6-10,15H2,1H3. The Hall–Kier alpha value is -1.39. The van der Waals surface area contributed by atoms with Crippen LogP contribution in [0.3, 0.4) is 0 Å². The second-order valence-electron chi connectivity index (χ2n) is 4.85. The van der Waals surface area contributed by atoms with Crippen LogP contribution in [-0.2, 0) is 11.3 Å². The van der Waals surface area contributed by atoms with Gasteiger partial charge in [0.1, 0.15) is 5.75 Å². The van der Waals surface area contributed by atoms with E-state index in [1.54, 1.807) is 0 Å². The second-order valence-corrected chi connectivity index (χ2v) is 4.85. The molecule has 1 aromatic rings. The molecule has 4 nitrogen and oxygen atoms in total. The van der Waals surface area contributed by atoms with E-state index in [0.29, 0.717) is 11.8 Å². The molecule has 0 saturated carbocycles. The fourth-order valence-electron chi connectivity index (χ4n) is 2.20. The number of hydrogen-bond acceptors (Lipinski definition) is 4. The lowest BCUT2D eigenvalue weighted by Crippen LogP contribution is -2.39. The molecule has 1 saturated heterocycles. The van der Waals surface area contributed by atoms with Crippen LogP contribution >= 0.6 is 0 Å². The zero-order valence-corrected chi connectivity index (χ0v) is 10.8. The zero-order chi connectivity index (χ0) is 13.0. The molecule has 0 aromatic heterocycles. The minimum atomic E-state index is -0.284. The topological polar surface area (TPSA) is 55.6 Å². The molecule has 0 atom stereocenters. The van der Waals surface area contributed by atoms with Crippen LogP contribution in [0.4, 0.5) is 0 Å². The molecule has 1 heterocycles. The maximum Gasteiger partial charge on any atom is 0.308 e. The van der Waals surface area contributed by atoms with Gasteiger partial charge in [0.15, 0.2) is 0 Å². The molecular formula is C14H20N2O2. The minimum absolute atomic E-state index is 0.284. The van der Waals surface area contributed by atoms with Gasteiger partial charge in [0.05, 0.1) is 0 Å². The van der Waals surface area contributed by atoms with Crippen LogP contribution in [0.1, 0.15) is 25.3 Å². The van der Waals surface area contributed by atoms with E-state index < -0.39 is 0 Å². The molecule has 0 unspecified atom stereocenters. The van der Waals surface area contributed by atoms with E-state index in [2.05, 4.69) is 4.90 Å². The number of hydrogen-bond donors (Lipinski definition) is 1. The summed E-state index contributed by atoms with van der Waals surface area (Å²) < 4.78 is 5.00. The lowest BCUT2D eigenvalue weighted by Gasteiger charge is -2.30. The van der Waals surface area contributed by atoms with Gasteiger partial charge in [-0.25, -0.2) is 0 Å². The molecule has 0 bridgehead atoms. The van der Waals surface area contributed by atoms with Crippen molar-refractivity contribution >= 4 is 5.97 Å². The maximum atomic E-state index is 10.8. The van der Waals surface area contributed by atoms with E-state index in [0.717, 1.165) is 32.5 Å². The number of ether oxygens (including phenoxy) is 1. The van der Waals surface area contributed by atoms with Gasteiger partial charge in [0, 0.05) is 19.5 Å². The molecule has 4 heteroatoms. The summed E-state index contributed by atoms with van der Waals surface area (Å²) in [6.45, 7) is 4.47. The predicted molar refractivity (Wildman–Crippen MR) is 70.2 cm³/mol. The quantitative estimate of drug-likeness (QED) is 0.651. The van der Waals surface area contributed by atoms with Gasteiger partial charge in [-0.05, 0) is 43.6 Å². The fourth-order valence-corrected chi connectivity index (χ4v) is 2.20. The highest BCUT2D eigenvalue weighted by atomic mass is 16.5. The molecule has 1 fully saturated rings. The summed E-state index contributed by atoms with van der Waals surface area (Å²) in [5, 5.41) is 0. The van der Waals surface area contributed by atoms with Crippen LogP contribution in [0.2, 0.25) is 0 Å². The fraction of sp³-hybridized carbons (Fsp3) is 0.500. The summed E-state index contributed by atoms with van der Waals surface area (Å²) in [5.74, 6) is 0.319. The van der Waals surface area contributed by atoms with Crippen molar-refractivity contribution in [1.82, 2.24) is 4.90 Å². The summed E-state index contributed by atoms with van der Waals surface area (Å²) in [4.78, 5) is 13.2. The van der Waals surface area contributed by atoms with Crippen molar-refractivity contribution in [2.75, 3.05) is 13.1 Å². The van der Waals surface area contributed by atoms with Gasteiger partial charge in [0.2, 0.25) is 0 Å². The number of likely N-dealkylation sites (tertiary alicyclic amines) is 1. The van der Waals surface area contributed by atoms with Gasteiger partial charge >= 0.3 is 5.97 Å². The Morgan fingerprint density at radius 3 is 2.50 bits per heavy atom. The summed E-state index contributed by atoms with van der Waals surface area (Å²) in [6.07, 6.45) is 2.15. The monoisotopic (exact) mass is 248 g/mol. The normalized spacial score (nSPS) is 17.7. The average Bonchev–Trinajstić information content (AvgIpc) is 2.34. The maximum absolute atomic E-state index is 10.8. The third-order valence-electron chi connectivity index (χ3n) is 3.22. The summed E-state index contributed by atoms with van der Waals surface area (Å²) >= 11 is 0. The lowest BCUT2D eigenvalue weighted by molar-refractivity contribution is -0.131. The second kappa shape index (κ2) is 5.98. The lowest BCUT2D eigenvalue weighted by atomic mass is 10.1. The first-order chi connectivity index (χ1) is 8.63. The Balaban J connectivity index is 1.88. The molecule has 1 aliphatic rings. The zero-order valence-electron chi connectivity index (χ0n) is 10.8.